The number of fused-ring (bicyclic) bond motifs is 1. The Morgan fingerprint density at radius 3 is 2.42 bits per heavy atom. The Morgan fingerprint density at radius 1 is 0.970 bits per heavy atom. The van der Waals surface area contributed by atoms with Crippen molar-refractivity contribution in [2.24, 2.45) is 5.92 Å². The van der Waals surface area contributed by atoms with Crippen molar-refractivity contribution in [3.05, 3.63) is 65.7 Å². The minimum Gasteiger partial charge on any atom is -0.349 e. The van der Waals surface area contributed by atoms with Crippen molar-refractivity contribution >= 4 is 16.8 Å². The molecule has 3 aromatic rings. The molecule has 1 saturated heterocycles. The van der Waals surface area contributed by atoms with Gasteiger partial charge in [-0.3, -0.25) is 9.69 Å². The number of benzene rings is 2. The van der Waals surface area contributed by atoms with Crippen LogP contribution in [0, 0.1) is 5.92 Å². The van der Waals surface area contributed by atoms with Crippen molar-refractivity contribution < 1.29 is 4.79 Å². The fourth-order valence-corrected chi connectivity index (χ4v) is 5.69. The Morgan fingerprint density at radius 2 is 1.67 bits per heavy atom. The molecule has 1 aliphatic heterocycles. The first-order chi connectivity index (χ1) is 16.2. The van der Waals surface area contributed by atoms with Crippen LogP contribution in [0.2, 0.25) is 0 Å². The van der Waals surface area contributed by atoms with Crippen LogP contribution in [-0.2, 0) is 6.54 Å². The number of nitrogens with zero attached hydrogens (tertiary/aromatic N) is 2. The van der Waals surface area contributed by atoms with Crippen LogP contribution in [0.15, 0.2) is 54.6 Å². The van der Waals surface area contributed by atoms with Gasteiger partial charge in [0, 0.05) is 29.1 Å². The van der Waals surface area contributed by atoms with E-state index in [9.17, 15) is 4.79 Å². The van der Waals surface area contributed by atoms with Gasteiger partial charge in [0.15, 0.2) is 0 Å². The van der Waals surface area contributed by atoms with Crippen LogP contribution in [0.1, 0.15) is 67.8 Å². The molecule has 2 aliphatic rings. The zero-order valence-electron chi connectivity index (χ0n) is 19.7. The summed E-state index contributed by atoms with van der Waals surface area (Å²) in [5.41, 5.74) is 4.78. The fourth-order valence-electron chi connectivity index (χ4n) is 5.69. The van der Waals surface area contributed by atoms with Crippen LogP contribution in [0.3, 0.4) is 0 Å². The average Bonchev–Trinajstić information content (AvgIpc) is 3.38. The van der Waals surface area contributed by atoms with Crippen molar-refractivity contribution in [3.63, 3.8) is 0 Å². The summed E-state index contributed by atoms with van der Waals surface area (Å²) in [5.74, 6) is 0.629. The highest BCUT2D eigenvalue weighted by Crippen LogP contribution is 2.33. The highest BCUT2D eigenvalue weighted by Gasteiger charge is 2.27. The average molecular weight is 442 g/mol. The number of carbonyl (C=O) groups excluding carboxylic acids is 1. The molecule has 172 valence electrons. The summed E-state index contributed by atoms with van der Waals surface area (Å²) in [6.07, 6.45) is 8.77. The first kappa shape index (κ1) is 22.1. The van der Waals surface area contributed by atoms with E-state index >= 15 is 0 Å². The van der Waals surface area contributed by atoms with Crippen LogP contribution >= 0.6 is 0 Å². The number of para-hydroxylation sites is 1. The Kier molecular flexibility index (Phi) is 6.73. The summed E-state index contributed by atoms with van der Waals surface area (Å²) in [7, 11) is 0. The molecule has 2 aromatic carbocycles. The van der Waals surface area contributed by atoms with Crippen molar-refractivity contribution in [2.75, 3.05) is 13.1 Å². The molecule has 1 N–H and O–H groups in total. The number of pyridine rings is 1. The maximum Gasteiger partial charge on any atom is 0.252 e. The predicted molar refractivity (Wildman–Crippen MR) is 135 cm³/mol. The van der Waals surface area contributed by atoms with Crippen LogP contribution in [0.25, 0.3) is 22.2 Å². The van der Waals surface area contributed by atoms with Crippen molar-refractivity contribution in [1.29, 1.82) is 0 Å². The first-order valence-corrected chi connectivity index (χ1v) is 12.7. The molecule has 0 spiro atoms. The smallest absolute Gasteiger partial charge is 0.252 e. The highest BCUT2D eigenvalue weighted by atomic mass is 16.1. The predicted octanol–water partition coefficient (Wildman–Crippen LogP) is 6.20. The maximum absolute atomic E-state index is 13.9. The first-order valence-electron chi connectivity index (χ1n) is 12.7. The van der Waals surface area contributed by atoms with Crippen molar-refractivity contribution in [3.8, 4) is 11.3 Å². The molecule has 1 amide bonds. The summed E-state index contributed by atoms with van der Waals surface area (Å²) < 4.78 is 0. The van der Waals surface area contributed by atoms with E-state index < -0.39 is 0 Å². The largest absolute Gasteiger partial charge is 0.349 e. The SMILES string of the molecule is CC(NC(=O)c1c(CN2CCCC2)c(-c2ccccc2)nc2ccccc12)C1CCCCC1. The third-order valence-corrected chi connectivity index (χ3v) is 7.56. The second-order valence-electron chi connectivity index (χ2n) is 9.84. The Hall–Kier alpha value is -2.72. The maximum atomic E-state index is 13.9. The van der Waals surface area contributed by atoms with Gasteiger partial charge < -0.3 is 5.32 Å². The lowest BCUT2D eigenvalue weighted by atomic mass is 9.84. The molecule has 4 nitrogen and oxygen atoms in total. The second-order valence-corrected chi connectivity index (χ2v) is 9.84. The topological polar surface area (TPSA) is 45.2 Å². The summed E-state index contributed by atoms with van der Waals surface area (Å²) in [6, 6.07) is 18.7. The number of nitrogens with one attached hydrogen (secondary N) is 1. The quantitative estimate of drug-likeness (QED) is 0.496. The highest BCUT2D eigenvalue weighted by molar-refractivity contribution is 6.09. The summed E-state index contributed by atoms with van der Waals surface area (Å²) in [5, 5.41) is 4.37. The van der Waals surface area contributed by atoms with Crippen LogP contribution < -0.4 is 5.32 Å². The monoisotopic (exact) mass is 441 g/mol. The number of carbonyl (C=O) groups is 1. The van der Waals surface area contributed by atoms with Crippen molar-refractivity contribution in [2.45, 2.75) is 64.5 Å². The number of hydrogen-bond acceptors (Lipinski definition) is 3. The molecule has 1 unspecified atom stereocenters. The van der Waals surface area contributed by atoms with Crippen LogP contribution in [0.4, 0.5) is 0 Å². The molecule has 2 heterocycles. The molecular weight excluding hydrogens is 406 g/mol. The van der Waals surface area contributed by atoms with Crippen LogP contribution in [0.5, 0.6) is 0 Å². The molecule has 0 bridgehead atoms. The molecule has 1 aromatic heterocycles. The fraction of sp³-hybridized carbons (Fsp3) is 0.448. The summed E-state index contributed by atoms with van der Waals surface area (Å²) in [4.78, 5) is 21.5. The molecule has 33 heavy (non-hydrogen) atoms. The third-order valence-electron chi connectivity index (χ3n) is 7.56. The van der Waals surface area contributed by atoms with E-state index in [1.807, 2.05) is 24.3 Å². The van der Waals surface area contributed by atoms with E-state index in [0.29, 0.717) is 5.92 Å². The molecule has 2 fully saturated rings. The minimum atomic E-state index is 0.0538. The molecule has 1 saturated carbocycles. The zero-order chi connectivity index (χ0) is 22.6. The number of aromatic nitrogens is 1. The van der Waals surface area contributed by atoms with Gasteiger partial charge in [-0.05, 0) is 57.7 Å². The summed E-state index contributed by atoms with van der Waals surface area (Å²) in [6.45, 7) is 5.12. The Labute approximate surface area is 197 Å². The van der Waals surface area contributed by atoms with Gasteiger partial charge in [-0.15, -0.1) is 0 Å². The van der Waals surface area contributed by atoms with E-state index in [2.05, 4.69) is 47.5 Å². The molecule has 1 atom stereocenters. The van der Waals surface area contributed by atoms with E-state index in [-0.39, 0.29) is 11.9 Å². The normalized spacial score (nSPS) is 18.5. The lowest BCUT2D eigenvalue weighted by Gasteiger charge is -2.29. The molecule has 4 heteroatoms. The van der Waals surface area contributed by atoms with Crippen LogP contribution in [-0.4, -0.2) is 34.9 Å². The van der Waals surface area contributed by atoms with Gasteiger partial charge in [-0.25, -0.2) is 4.98 Å². The molecule has 5 rings (SSSR count). The number of likely N-dealkylation sites (tertiary alicyclic amines) is 1. The zero-order valence-corrected chi connectivity index (χ0v) is 19.7. The lowest BCUT2D eigenvalue weighted by molar-refractivity contribution is 0.0919. The lowest BCUT2D eigenvalue weighted by Crippen LogP contribution is -2.39. The van der Waals surface area contributed by atoms with Crippen molar-refractivity contribution in [1.82, 2.24) is 15.2 Å². The van der Waals surface area contributed by atoms with E-state index in [4.69, 9.17) is 4.98 Å². The van der Waals surface area contributed by atoms with E-state index in [0.717, 1.165) is 52.9 Å². The van der Waals surface area contributed by atoms with Gasteiger partial charge in [-0.2, -0.15) is 0 Å². The van der Waals surface area contributed by atoms with E-state index in [1.165, 1.54) is 44.9 Å². The third kappa shape index (κ3) is 4.81. The molecule has 1 aliphatic carbocycles. The van der Waals surface area contributed by atoms with Gasteiger partial charge >= 0.3 is 0 Å². The Balaban J connectivity index is 1.60. The van der Waals surface area contributed by atoms with Gasteiger partial charge in [0.05, 0.1) is 16.8 Å². The molecular formula is C29H35N3O. The molecule has 0 radical (unpaired) electrons. The van der Waals surface area contributed by atoms with E-state index in [1.54, 1.807) is 0 Å². The number of hydrogen-bond donors (Lipinski definition) is 1. The second kappa shape index (κ2) is 10.0. The summed E-state index contributed by atoms with van der Waals surface area (Å²) >= 11 is 0. The van der Waals surface area contributed by atoms with Gasteiger partial charge in [-0.1, -0.05) is 67.8 Å². The van der Waals surface area contributed by atoms with Gasteiger partial charge in [0.25, 0.3) is 5.91 Å². The minimum absolute atomic E-state index is 0.0538. The van der Waals surface area contributed by atoms with Gasteiger partial charge in [0.2, 0.25) is 0 Å². The van der Waals surface area contributed by atoms with Gasteiger partial charge in [0.1, 0.15) is 0 Å². The number of amides is 1. The number of rotatable bonds is 6. The Bertz CT molecular complexity index is 1100. The standard InChI is InChI=1S/C29H35N3O/c1-21(22-12-4-2-5-13-22)30-29(33)27-24-16-8-9-17-26(24)31-28(23-14-6-3-7-15-23)25(27)20-32-18-10-11-19-32/h3,6-9,14-17,21-22H,2,4-5,10-13,18-20H2,1H3,(H,30,33).